The van der Waals surface area contributed by atoms with Gasteiger partial charge in [0.15, 0.2) is 0 Å². The van der Waals surface area contributed by atoms with Crippen LogP contribution in [0.2, 0.25) is 0 Å². The number of aromatic nitrogens is 4. The summed E-state index contributed by atoms with van der Waals surface area (Å²) in [7, 11) is 0. The number of imidazole rings is 1. The summed E-state index contributed by atoms with van der Waals surface area (Å²) >= 11 is 0. The fourth-order valence-corrected chi connectivity index (χ4v) is 3.59. The topological polar surface area (TPSA) is 56.0 Å². The van der Waals surface area contributed by atoms with E-state index in [1.54, 1.807) is 0 Å². The van der Waals surface area contributed by atoms with Crippen molar-refractivity contribution in [3.05, 3.63) is 35.2 Å². The highest BCUT2D eigenvalue weighted by Gasteiger charge is 2.32. The Morgan fingerprint density at radius 3 is 2.78 bits per heavy atom. The molecule has 0 saturated heterocycles. The zero-order valence-electron chi connectivity index (χ0n) is 14.0. The zero-order valence-corrected chi connectivity index (χ0v) is 14.0. The van der Waals surface area contributed by atoms with Gasteiger partial charge in [-0.05, 0) is 39.7 Å². The van der Waals surface area contributed by atoms with Gasteiger partial charge in [0.05, 0.1) is 24.3 Å². The third kappa shape index (κ3) is 2.46. The van der Waals surface area contributed by atoms with Crippen molar-refractivity contribution in [3.63, 3.8) is 0 Å². The van der Waals surface area contributed by atoms with Crippen molar-refractivity contribution in [2.24, 2.45) is 0 Å². The van der Waals surface area contributed by atoms with Crippen LogP contribution < -0.4 is 0 Å². The number of aryl methyl sites for hydroxylation is 2. The van der Waals surface area contributed by atoms with Gasteiger partial charge in [0.25, 0.3) is 0 Å². The van der Waals surface area contributed by atoms with Gasteiger partial charge in [0, 0.05) is 30.4 Å². The van der Waals surface area contributed by atoms with Crippen LogP contribution in [0.4, 0.5) is 0 Å². The third-order valence-corrected chi connectivity index (χ3v) is 4.96. The van der Waals surface area contributed by atoms with Crippen molar-refractivity contribution >= 4 is 5.91 Å². The lowest BCUT2D eigenvalue weighted by molar-refractivity contribution is -0.135. The number of carbonyl (C=O) groups is 1. The lowest BCUT2D eigenvalue weighted by atomic mass is 10.1. The van der Waals surface area contributed by atoms with Gasteiger partial charge >= 0.3 is 0 Å². The van der Waals surface area contributed by atoms with E-state index in [2.05, 4.69) is 14.6 Å². The summed E-state index contributed by atoms with van der Waals surface area (Å²) in [6.45, 7) is 7.28. The number of nitrogens with zero attached hydrogens (tertiary/aromatic N) is 5. The standard InChI is InChI=1S/C17H23N5O/c1-11-8-12(2)22(19-11)13(3)17(23)20-7-6-16-15(9-20)18-10-21(16)14-4-5-14/h8,10,13-14H,4-7,9H2,1-3H3. The summed E-state index contributed by atoms with van der Waals surface area (Å²) < 4.78 is 4.15. The molecule has 0 N–H and O–H groups in total. The molecule has 2 aliphatic rings. The highest BCUT2D eigenvalue weighted by Crippen LogP contribution is 2.37. The summed E-state index contributed by atoms with van der Waals surface area (Å²) in [5.74, 6) is 0.128. The van der Waals surface area contributed by atoms with E-state index in [4.69, 9.17) is 0 Å². The predicted octanol–water partition coefficient (Wildman–Crippen LogP) is 2.18. The first kappa shape index (κ1) is 14.5. The first-order valence-corrected chi connectivity index (χ1v) is 8.40. The molecule has 23 heavy (non-hydrogen) atoms. The minimum atomic E-state index is -0.268. The maximum Gasteiger partial charge on any atom is 0.247 e. The average molecular weight is 313 g/mol. The SMILES string of the molecule is Cc1cc(C)n(C(C)C(=O)N2CCc3c(ncn3C3CC3)C2)n1. The second-order valence-electron chi connectivity index (χ2n) is 6.83. The van der Waals surface area contributed by atoms with Crippen LogP contribution in [0, 0.1) is 13.8 Å². The normalized spacial score (nSPS) is 18.8. The van der Waals surface area contributed by atoms with Crippen molar-refractivity contribution < 1.29 is 4.79 Å². The summed E-state index contributed by atoms with van der Waals surface area (Å²) in [6, 6.07) is 2.40. The molecule has 3 heterocycles. The minimum Gasteiger partial charge on any atom is -0.334 e. The van der Waals surface area contributed by atoms with E-state index in [9.17, 15) is 4.79 Å². The van der Waals surface area contributed by atoms with Crippen LogP contribution in [0.5, 0.6) is 0 Å². The van der Waals surface area contributed by atoms with Crippen LogP contribution >= 0.6 is 0 Å². The number of carbonyl (C=O) groups excluding carboxylic acids is 1. The van der Waals surface area contributed by atoms with Crippen molar-refractivity contribution in [1.29, 1.82) is 0 Å². The largest absolute Gasteiger partial charge is 0.334 e. The lowest BCUT2D eigenvalue weighted by Gasteiger charge is -2.29. The van der Waals surface area contributed by atoms with E-state index in [-0.39, 0.29) is 11.9 Å². The fourth-order valence-electron chi connectivity index (χ4n) is 3.59. The highest BCUT2D eigenvalue weighted by atomic mass is 16.2. The Morgan fingerprint density at radius 1 is 1.35 bits per heavy atom. The quantitative estimate of drug-likeness (QED) is 0.872. The van der Waals surface area contributed by atoms with Gasteiger partial charge in [-0.2, -0.15) is 5.10 Å². The number of fused-ring (bicyclic) bond motifs is 1. The maximum atomic E-state index is 12.9. The van der Waals surface area contributed by atoms with Gasteiger partial charge in [-0.15, -0.1) is 0 Å². The Kier molecular flexibility index (Phi) is 3.28. The molecule has 1 saturated carbocycles. The molecule has 1 unspecified atom stereocenters. The fraction of sp³-hybridized carbons (Fsp3) is 0.588. The van der Waals surface area contributed by atoms with E-state index in [1.807, 2.05) is 42.7 Å². The third-order valence-electron chi connectivity index (χ3n) is 4.96. The van der Waals surface area contributed by atoms with Gasteiger partial charge in [-0.25, -0.2) is 4.98 Å². The molecule has 1 atom stereocenters. The van der Waals surface area contributed by atoms with Gasteiger partial charge in [-0.3, -0.25) is 9.48 Å². The molecule has 1 amide bonds. The van der Waals surface area contributed by atoms with Crippen LogP contribution in [0.25, 0.3) is 0 Å². The Hall–Kier alpha value is -2.11. The molecule has 0 aromatic carbocycles. The molecule has 1 aliphatic heterocycles. The predicted molar refractivity (Wildman–Crippen MR) is 86.0 cm³/mol. The van der Waals surface area contributed by atoms with Gasteiger partial charge in [0.1, 0.15) is 6.04 Å². The first-order valence-electron chi connectivity index (χ1n) is 8.40. The molecule has 2 aromatic rings. The van der Waals surface area contributed by atoms with Crippen LogP contribution in [0.1, 0.15) is 54.6 Å². The summed E-state index contributed by atoms with van der Waals surface area (Å²) in [5.41, 5.74) is 4.37. The maximum absolute atomic E-state index is 12.9. The Balaban J connectivity index is 1.52. The molecule has 1 aliphatic carbocycles. The Bertz CT molecular complexity index is 755. The summed E-state index contributed by atoms with van der Waals surface area (Å²) in [6.07, 6.45) is 5.39. The van der Waals surface area contributed by atoms with Gasteiger partial charge < -0.3 is 9.47 Å². The Morgan fingerprint density at radius 2 is 2.13 bits per heavy atom. The number of amides is 1. The van der Waals surface area contributed by atoms with Crippen molar-refractivity contribution in [2.45, 2.75) is 58.7 Å². The summed E-state index contributed by atoms with van der Waals surface area (Å²) in [4.78, 5) is 19.3. The molecular formula is C17H23N5O. The number of rotatable bonds is 3. The van der Waals surface area contributed by atoms with Gasteiger partial charge in [-0.1, -0.05) is 0 Å². The van der Waals surface area contributed by atoms with Gasteiger partial charge in [0.2, 0.25) is 5.91 Å². The van der Waals surface area contributed by atoms with Crippen molar-refractivity contribution in [1.82, 2.24) is 24.2 Å². The van der Waals surface area contributed by atoms with E-state index in [1.165, 1.54) is 18.5 Å². The van der Waals surface area contributed by atoms with Crippen LogP contribution in [-0.4, -0.2) is 36.7 Å². The Labute approximate surface area is 136 Å². The van der Waals surface area contributed by atoms with Crippen LogP contribution in [0.3, 0.4) is 0 Å². The average Bonchev–Trinajstić information content (AvgIpc) is 3.20. The molecule has 0 spiro atoms. The first-order chi connectivity index (χ1) is 11.0. The smallest absolute Gasteiger partial charge is 0.247 e. The molecule has 0 bridgehead atoms. The summed E-state index contributed by atoms with van der Waals surface area (Å²) in [5, 5.41) is 4.46. The van der Waals surface area contributed by atoms with E-state index in [0.717, 1.165) is 30.0 Å². The van der Waals surface area contributed by atoms with Crippen molar-refractivity contribution in [2.75, 3.05) is 6.54 Å². The monoisotopic (exact) mass is 313 g/mol. The lowest BCUT2D eigenvalue weighted by Crippen LogP contribution is -2.40. The molecule has 122 valence electrons. The van der Waals surface area contributed by atoms with E-state index in [0.29, 0.717) is 12.6 Å². The van der Waals surface area contributed by atoms with Crippen LogP contribution in [0.15, 0.2) is 12.4 Å². The molecule has 0 radical (unpaired) electrons. The molecular weight excluding hydrogens is 290 g/mol. The molecule has 4 rings (SSSR count). The van der Waals surface area contributed by atoms with Crippen LogP contribution in [-0.2, 0) is 17.8 Å². The van der Waals surface area contributed by atoms with Crippen molar-refractivity contribution in [3.8, 4) is 0 Å². The molecule has 6 heteroatoms. The second kappa shape index (κ2) is 5.22. The molecule has 6 nitrogen and oxygen atoms in total. The minimum absolute atomic E-state index is 0.128. The highest BCUT2D eigenvalue weighted by molar-refractivity contribution is 5.80. The molecule has 2 aromatic heterocycles. The number of hydrogen-bond donors (Lipinski definition) is 0. The van der Waals surface area contributed by atoms with E-state index < -0.39 is 0 Å². The molecule has 1 fully saturated rings. The van der Waals surface area contributed by atoms with E-state index >= 15 is 0 Å². The number of hydrogen-bond acceptors (Lipinski definition) is 3. The second-order valence-corrected chi connectivity index (χ2v) is 6.83. The zero-order chi connectivity index (χ0) is 16.1.